The van der Waals surface area contributed by atoms with Gasteiger partial charge in [0.1, 0.15) is 17.3 Å². The van der Waals surface area contributed by atoms with Crippen LogP contribution >= 0.6 is 0 Å². The third kappa shape index (κ3) is 5.05. The van der Waals surface area contributed by atoms with E-state index in [-0.39, 0.29) is 28.3 Å². The molecular formula is C24H21F4NO5. The number of hydrogen-bond acceptors (Lipinski definition) is 4. The molecular weight excluding hydrogens is 458 g/mol. The molecule has 1 atom stereocenters. The van der Waals surface area contributed by atoms with Crippen molar-refractivity contribution in [3.63, 3.8) is 0 Å². The van der Waals surface area contributed by atoms with Crippen molar-refractivity contribution < 1.29 is 41.7 Å². The van der Waals surface area contributed by atoms with Gasteiger partial charge in [0.05, 0.1) is 16.8 Å². The van der Waals surface area contributed by atoms with E-state index in [0.717, 1.165) is 24.3 Å². The third-order valence-corrected chi connectivity index (χ3v) is 5.20. The maximum Gasteiger partial charge on any atom is 0.573 e. The van der Waals surface area contributed by atoms with Gasteiger partial charge in [0, 0.05) is 29.3 Å². The third-order valence-electron chi connectivity index (χ3n) is 5.20. The van der Waals surface area contributed by atoms with Gasteiger partial charge in [-0.05, 0) is 51.5 Å². The van der Waals surface area contributed by atoms with Gasteiger partial charge in [0.2, 0.25) is 0 Å². The summed E-state index contributed by atoms with van der Waals surface area (Å²) in [5, 5.41) is 9.41. The van der Waals surface area contributed by atoms with Crippen molar-refractivity contribution in [1.29, 1.82) is 0 Å². The number of rotatable bonds is 7. The maximum atomic E-state index is 14.5. The van der Waals surface area contributed by atoms with Crippen LogP contribution in [0.3, 0.4) is 0 Å². The van der Waals surface area contributed by atoms with Crippen LogP contribution in [0.25, 0.3) is 16.6 Å². The molecule has 10 heteroatoms. The van der Waals surface area contributed by atoms with Crippen molar-refractivity contribution in [3.8, 4) is 17.2 Å². The maximum absolute atomic E-state index is 14.5. The molecule has 34 heavy (non-hydrogen) atoms. The smallest absolute Gasteiger partial charge is 0.479 e. The number of benzene rings is 2. The molecule has 3 rings (SSSR count). The molecule has 1 heterocycles. The molecule has 0 saturated carbocycles. The van der Waals surface area contributed by atoms with Gasteiger partial charge in [-0.2, -0.15) is 0 Å². The molecule has 1 N–H and O–H groups in total. The molecule has 180 valence electrons. The Morgan fingerprint density at radius 2 is 1.79 bits per heavy atom. The highest BCUT2D eigenvalue weighted by molar-refractivity contribution is 6.17. The highest BCUT2D eigenvalue weighted by Crippen LogP contribution is 2.36. The topological polar surface area (TPSA) is 77.8 Å². The van der Waals surface area contributed by atoms with E-state index in [4.69, 9.17) is 9.84 Å². The highest BCUT2D eigenvalue weighted by atomic mass is 19.4. The quantitative estimate of drug-likeness (QED) is 0.256. The van der Waals surface area contributed by atoms with E-state index in [1.165, 1.54) is 23.6 Å². The molecule has 6 nitrogen and oxygen atoms in total. The Morgan fingerprint density at radius 3 is 2.38 bits per heavy atom. The Bertz CT molecular complexity index is 1310. The molecule has 0 bridgehead atoms. The lowest BCUT2D eigenvalue weighted by Gasteiger charge is -2.15. The van der Waals surface area contributed by atoms with E-state index in [1.54, 1.807) is 26.8 Å². The molecule has 0 amide bonds. The molecule has 0 radical (unpaired) electrons. The molecule has 2 aromatic carbocycles. The van der Waals surface area contributed by atoms with E-state index in [9.17, 15) is 27.2 Å². The van der Waals surface area contributed by atoms with Crippen molar-refractivity contribution in [3.05, 3.63) is 65.1 Å². The standard InChI is InChI=1S/C24H21F4NO5/c1-5-12(2)22(30)21-13(3)29(20-11-17(6-7-19(20)21)34-24(26,27)28)16-8-15(25)9-18(10-16)33-14(4)23(31)32/h5-11,14H,1-4H3,(H,31,32)/b12-5+/t14-/m1/s1. The summed E-state index contributed by atoms with van der Waals surface area (Å²) >= 11 is 0. The minimum atomic E-state index is -4.94. The van der Waals surface area contributed by atoms with Crippen molar-refractivity contribution in [2.75, 3.05) is 0 Å². The Hall–Kier alpha value is -3.82. The fourth-order valence-electron chi connectivity index (χ4n) is 3.54. The van der Waals surface area contributed by atoms with Gasteiger partial charge in [-0.1, -0.05) is 6.08 Å². The largest absolute Gasteiger partial charge is 0.573 e. The van der Waals surface area contributed by atoms with Crippen LogP contribution in [0, 0.1) is 12.7 Å². The average molecular weight is 479 g/mol. The lowest BCUT2D eigenvalue weighted by atomic mass is 10.0. The number of carboxylic acid groups (broad SMARTS) is 1. The van der Waals surface area contributed by atoms with E-state index < -0.39 is 30.0 Å². The Balaban J connectivity index is 2.30. The minimum absolute atomic E-state index is 0.105. The molecule has 0 unspecified atom stereocenters. The van der Waals surface area contributed by atoms with E-state index in [0.29, 0.717) is 16.7 Å². The number of allylic oxidation sites excluding steroid dienone is 2. The predicted molar refractivity (Wildman–Crippen MR) is 116 cm³/mol. The van der Waals surface area contributed by atoms with Crippen LogP contribution in [0.5, 0.6) is 11.5 Å². The summed E-state index contributed by atoms with van der Waals surface area (Å²) in [5.41, 5.74) is 1.27. The number of halogens is 4. The van der Waals surface area contributed by atoms with Gasteiger partial charge in [0.15, 0.2) is 11.9 Å². The average Bonchev–Trinajstić information content (AvgIpc) is 3.01. The summed E-state index contributed by atoms with van der Waals surface area (Å²) in [6.07, 6.45) is -4.61. The number of ketones is 1. The van der Waals surface area contributed by atoms with Crippen LogP contribution in [0.1, 0.15) is 36.8 Å². The summed E-state index contributed by atoms with van der Waals surface area (Å²) in [6, 6.07) is 6.94. The molecule has 0 aliphatic heterocycles. The number of aliphatic carboxylic acids is 1. The van der Waals surface area contributed by atoms with Gasteiger partial charge in [0.25, 0.3) is 0 Å². The second-order valence-corrected chi connectivity index (χ2v) is 7.57. The Labute approximate surface area is 192 Å². The van der Waals surface area contributed by atoms with Gasteiger partial charge in [-0.3, -0.25) is 4.79 Å². The molecule has 0 fully saturated rings. The monoisotopic (exact) mass is 479 g/mol. The predicted octanol–water partition coefficient (Wildman–Crippen LogP) is 5.98. The van der Waals surface area contributed by atoms with Gasteiger partial charge in [-0.15, -0.1) is 13.2 Å². The van der Waals surface area contributed by atoms with Crippen molar-refractivity contribution in [1.82, 2.24) is 4.57 Å². The van der Waals surface area contributed by atoms with Gasteiger partial charge in [-0.25, -0.2) is 9.18 Å². The van der Waals surface area contributed by atoms with Crippen LogP contribution < -0.4 is 9.47 Å². The number of hydrogen-bond donors (Lipinski definition) is 1. The van der Waals surface area contributed by atoms with Crippen LogP contribution in [0.15, 0.2) is 48.0 Å². The first-order valence-corrected chi connectivity index (χ1v) is 10.1. The number of aromatic nitrogens is 1. The Kier molecular flexibility index (Phi) is 6.72. The molecule has 1 aromatic heterocycles. The summed E-state index contributed by atoms with van der Waals surface area (Å²) in [4.78, 5) is 24.2. The van der Waals surface area contributed by atoms with Crippen LogP contribution in [0.2, 0.25) is 0 Å². The van der Waals surface area contributed by atoms with Crippen molar-refractivity contribution >= 4 is 22.7 Å². The first-order chi connectivity index (χ1) is 15.8. The van der Waals surface area contributed by atoms with Crippen molar-refractivity contribution in [2.45, 2.75) is 40.2 Å². The fraction of sp³-hybridized carbons (Fsp3) is 0.250. The van der Waals surface area contributed by atoms with Crippen LogP contribution in [-0.2, 0) is 4.79 Å². The lowest BCUT2D eigenvalue weighted by Crippen LogP contribution is -2.23. The van der Waals surface area contributed by atoms with E-state index in [2.05, 4.69) is 4.74 Å². The number of alkyl halides is 3. The molecule has 0 saturated heterocycles. The minimum Gasteiger partial charge on any atom is -0.479 e. The summed E-state index contributed by atoms with van der Waals surface area (Å²) < 4.78 is 63.6. The summed E-state index contributed by atoms with van der Waals surface area (Å²) in [5.74, 6) is -3.01. The van der Waals surface area contributed by atoms with E-state index in [1.807, 2.05) is 0 Å². The first-order valence-electron chi connectivity index (χ1n) is 10.1. The summed E-state index contributed by atoms with van der Waals surface area (Å²) in [7, 11) is 0. The molecule has 0 spiro atoms. The Morgan fingerprint density at radius 1 is 1.12 bits per heavy atom. The first kappa shape index (κ1) is 24.8. The van der Waals surface area contributed by atoms with Crippen molar-refractivity contribution in [2.24, 2.45) is 0 Å². The SMILES string of the molecule is C/C=C(\C)C(=O)c1c(C)n(-c2cc(F)cc(O[C@H](C)C(=O)O)c2)c2cc(OC(F)(F)F)ccc12. The zero-order chi connectivity index (χ0) is 25.4. The zero-order valence-electron chi connectivity index (χ0n) is 18.7. The summed E-state index contributed by atoms with van der Waals surface area (Å²) in [6.45, 7) is 6.12. The molecule has 0 aliphatic carbocycles. The number of carboxylic acids is 1. The fourth-order valence-corrected chi connectivity index (χ4v) is 3.54. The normalized spacial score (nSPS) is 13.1. The number of Topliss-reactive ketones (excluding diaryl/α,β-unsaturated/α-hetero) is 1. The lowest BCUT2D eigenvalue weighted by molar-refractivity contribution is -0.274. The highest BCUT2D eigenvalue weighted by Gasteiger charge is 2.32. The molecule has 3 aromatic rings. The second kappa shape index (κ2) is 9.20. The molecule has 0 aliphatic rings. The number of fused-ring (bicyclic) bond motifs is 1. The van der Waals surface area contributed by atoms with Gasteiger partial charge < -0.3 is 19.1 Å². The number of ether oxygens (including phenoxy) is 2. The zero-order valence-corrected chi connectivity index (χ0v) is 18.7. The van der Waals surface area contributed by atoms with Crippen LogP contribution in [-0.4, -0.2) is 33.9 Å². The second-order valence-electron chi connectivity index (χ2n) is 7.57. The number of nitrogens with zero attached hydrogens (tertiary/aromatic N) is 1. The van der Waals surface area contributed by atoms with Crippen LogP contribution in [0.4, 0.5) is 17.6 Å². The number of carbonyl (C=O) groups excluding carboxylic acids is 1. The van der Waals surface area contributed by atoms with E-state index >= 15 is 0 Å². The number of carbonyl (C=O) groups is 2. The van der Waals surface area contributed by atoms with Gasteiger partial charge >= 0.3 is 12.3 Å².